The summed E-state index contributed by atoms with van der Waals surface area (Å²) >= 11 is 0. The van der Waals surface area contributed by atoms with Crippen molar-refractivity contribution in [2.45, 2.75) is 6.92 Å². The number of hydrogen-bond acceptors (Lipinski definition) is 3. The molecule has 5 heteroatoms. The van der Waals surface area contributed by atoms with Gasteiger partial charge in [-0.25, -0.2) is 9.67 Å². The second kappa shape index (κ2) is 5.21. The van der Waals surface area contributed by atoms with E-state index in [1.54, 1.807) is 10.9 Å². The van der Waals surface area contributed by atoms with Crippen molar-refractivity contribution >= 4 is 11.0 Å². The Hall–Kier alpha value is -3.21. The Balaban J connectivity index is 1.98. The number of benzene rings is 2. The molecule has 2 aromatic carbocycles. The Labute approximate surface area is 132 Å². The van der Waals surface area contributed by atoms with Crippen LogP contribution in [0.2, 0.25) is 0 Å². The molecule has 2 aromatic heterocycles. The minimum absolute atomic E-state index is 0.186. The predicted octanol–water partition coefficient (Wildman–Crippen LogP) is 3.08. The summed E-state index contributed by atoms with van der Waals surface area (Å²) in [5.41, 5.74) is 3.23. The van der Waals surface area contributed by atoms with Crippen molar-refractivity contribution in [1.82, 2.24) is 19.7 Å². The van der Waals surface area contributed by atoms with Gasteiger partial charge in [-0.1, -0.05) is 42.0 Å². The summed E-state index contributed by atoms with van der Waals surface area (Å²) in [6.07, 6.45) is 1.55. The number of nitrogens with one attached hydrogen (secondary N) is 1. The molecule has 1 N–H and O–H groups in total. The molecular weight excluding hydrogens is 288 g/mol. The largest absolute Gasteiger partial charge is 0.306 e. The zero-order chi connectivity index (χ0) is 15.8. The first kappa shape index (κ1) is 13.5. The van der Waals surface area contributed by atoms with Crippen LogP contribution in [-0.4, -0.2) is 19.7 Å². The van der Waals surface area contributed by atoms with Gasteiger partial charge in [-0.3, -0.25) is 4.79 Å². The molecule has 112 valence electrons. The third kappa shape index (κ3) is 2.32. The lowest BCUT2D eigenvalue weighted by Gasteiger charge is -2.05. The molecule has 0 unspecified atom stereocenters. The lowest BCUT2D eigenvalue weighted by molar-refractivity contribution is 0.895. The monoisotopic (exact) mass is 302 g/mol. The molecule has 4 rings (SSSR count). The lowest BCUT2D eigenvalue weighted by atomic mass is 10.1. The molecule has 0 saturated carbocycles. The van der Waals surface area contributed by atoms with E-state index in [0.29, 0.717) is 16.9 Å². The van der Waals surface area contributed by atoms with E-state index < -0.39 is 0 Å². The summed E-state index contributed by atoms with van der Waals surface area (Å²) in [7, 11) is 0. The summed E-state index contributed by atoms with van der Waals surface area (Å²) in [6, 6.07) is 17.5. The number of fused-ring (bicyclic) bond motifs is 1. The van der Waals surface area contributed by atoms with Gasteiger partial charge in [0.15, 0.2) is 5.65 Å². The first-order valence-corrected chi connectivity index (χ1v) is 7.33. The van der Waals surface area contributed by atoms with Gasteiger partial charge in [0.2, 0.25) is 0 Å². The predicted molar refractivity (Wildman–Crippen MR) is 89.7 cm³/mol. The molecule has 0 aliphatic rings. The number of aryl methyl sites for hydroxylation is 1. The van der Waals surface area contributed by atoms with Crippen molar-refractivity contribution in [2.24, 2.45) is 0 Å². The van der Waals surface area contributed by atoms with E-state index in [2.05, 4.69) is 15.1 Å². The fraction of sp³-hybridized carbons (Fsp3) is 0.0556. The fourth-order valence-electron chi connectivity index (χ4n) is 2.61. The van der Waals surface area contributed by atoms with E-state index in [1.807, 2.05) is 61.5 Å². The van der Waals surface area contributed by atoms with Crippen LogP contribution >= 0.6 is 0 Å². The number of hydrogen-bond donors (Lipinski definition) is 1. The molecule has 5 nitrogen and oxygen atoms in total. The molecule has 0 spiro atoms. The summed E-state index contributed by atoms with van der Waals surface area (Å²) in [5.74, 6) is 0.545. The van der Waals surface area contributed by atoms with E-state index in [0.717, 1.165) is 16.8 Å². The Bertz CT molecular complexity index is 1050. The molecule has 0 aliphatic carbocycles. The average molecular weight is 302 g/mol. The molecular formula is C18H14N4O. The summed E-state index contributed by atoms with van der Waals surface area (Å²) in [6.45, 7) is 2.01. The van der Waals surface area contributed by atoms with Crippen LogP contribution in [0.5, 0.6) is 0 Å². The Morgan fingerprint density at radius 3 is 2.65 bits per heavy atom. The van der Waals surface area contributed by atoms with Crippen molar-refractivity contribution in [3.05, 3.63) is 76.7 Å². The van der Waals surface area contributed by atoms with Gasteiger partial charge in [0.25, 0.3) is 5.56 Å². The number of nitrogens with zero attached hydrogens (tertiary/aromatic N) is 3. The summed E-state index contributed by atoms with van der Waals surface area (Å²) in [4.78, 5) is 19.8. The molecule has 0 saturated heterocycles. The van der Waals surface area contributed by atoms with Crippen LogP contribution in [0.25, 0.3) is 28.1 Å². The maximum absolute atomic E-state index is 12.4. The maximum Gasteiger partial charge on any atom is 0.262 e. The summed E-state index contributed by atoms with van der Waals surface area (Å²) < 4.78 is 1.68. The van der Waals surface area contributed by atoms with E-state index in [1.165, 1.54) is 0 Å². The van der Waals surface area contributed by atoms with Crippen molar-refractivity contribution in [3.63, 3.8) is 0 Å². The van der Waals surface area contributed by atoms with Crippen LogP contribution in [0, 0.1) is 6.92 Å². The Kier molecular flexibility index (Phi) is 3.05. The molecule has 0 atom stereocenters. The highest BCUT2D eigenvalue weighted by molar-refractivity contribution is 5.77. The highest BCUT2D eigenvalue weighted by Gasteiger charge is 2.12. The first-order valence-electron chi connectivity index (χ1n) is 7.33. The lowest BCUT2D eigenvalue weighted by Crippen LogP contribution is -2.10. The number of H-pyrrole nitrogens is 1. The van der Waals surface area contributed by atoms with Crippen LogP contribution in [0.4, 0.5) is 0 Å². The molecule has 0 fully saturated rings. The van der Waals surface area contributed by atoms with Gasteiger partial charge in [0.05, 0.1) is 11.9 Å². The van der Waals surface area contributed by atoms with E-state index in [9.17, 15) is 4.79 Å². The van der Waals surface area contributed by atoms with Gasteiger partial charge in [-0.2, -0.15) is 5.10 Å². The summed E-state index contributed by atoms with van der Waals surface area (Å²) in [5, 5.41) is 4.79. The van der Waals surface area contributed by atoms with Gasteiger partial charge in [-0.15, -0.1) is 0 Å². The minimum Gasteiger partial charge on any atom is -0.306 e. The highest BCUT2D eigenvalue weighted by atomic mass is 16.1. The van der Waals surface area contributed by atoms with Crippen LogP contribution in [0.1, 0.15) is 5.56 Å². The Morgan fingerprint density at radius 1 is 1.04 bits per heavy atom. The Morgan fingerprint density at radius 2 is 1.87 bits per heavy atom. The van der Waals surface area contributed by atoms with Crippen LogP contribution in [-0.2, 0) is 0 Å². The van der Waals surface area contributed by atoms with E-state index >= 15 is 0 Å². The number of rotatable bonds is 2. The van der Waals surface area contributed by atoms with Crippen LogP contribution in [0.3, 0.4) is 0 Å². The van der Waals surface area contributed by atoms with E-state index in [4.69, 9.17) is 0 Å². The second-order valence-electron chi connectivity index (χ2n) is 5.41. The molecule has 0 bridgehead atoms. The maximum atomic E-state index is 12.4. The molecule has 0 amide bonds. The van der Waals surface area contributed by atoms with Gasteiger partial charge < -0.3 is 4.98 Å². The topological polar surface area (TPSA) is 63.6 Å². The van der Waals surface area contributed by atoms with Crippen molar-refractivity contribution in [2.75, 3.05) is 0 Å². The SMILES string of the molecule is Cc1cccc(-c2nc3c(cnn3-c3ccccc3)c(=O)[nH]2)c1. The standard InChI is InChI=1S/C18H14N4O/c1-12-6-5-7-13(10-12)16-20-17-15(18(23)21-16)11-19-22(17)14-8-3-2-4-9-14/h2-11H,1H3,(H,20,21,23). The number of para-hydroxylation sites is 1. The normalized spacial score (nSPS) is 11.0. The average Bonchev–Trinajstić information content (AvgIpc) is 3.00. The zero-order valence-corrected chi connectivity index (χ0v) is 12.5. The van der Waals surface area contributed by atoms with Crippen molar-refractivity contribution in [3.8, 4) is 17.1 Å². The molecule has 2 heterocycles. The van der Waals surface area contributed by atoms with Gasteiger partial charge in [0.1, 0.15) is 11.2 Å². The third-order valence-corrected chi connectivity index (χ3v) is 3.73. The van der Waals surface area contributed by atoms with E-state index in [-0.39, 0.29) is 5.56 Å². The molecule has 23 heavy (non-hydrogen) atoms. The van der Waals surface area contributed by atoms with Crippen LogP contribution < -0.4 is 5.56 Å². The number of aromatic amines is 1. The second-order valence-corrected chi connectivity index (χ2v) is 5.41. The van der Waals surface area contributed by atoms with Crippen LogP contribution in [0.15, 0.2) is 65.6 Å². The molecule has 4 aromatic rings. The highest BCUT2D eigenvalue weighted by Crippen LogP contribution is 2.19. The smallest absolute Gasteiger partial charge is 0.262 e. The molecule has 0 radical (unpaired) electrons. The van der Waals surface area contributed by atoms with Gasteiger partial charge in [-0.05, 0) is 25.1 Å². The van der Waals surface area contributed by atoms with Gasteiger partial charge in [0, 0.05) is 5.56 Å². The van der Waals surface area contributed by atoms with Crippen molar-refractivity contribution < 1.29 is 0 Å². The molecule has 0 aliphatic heterocycles. The first-order chi connectivity index (χ1) is 11.2. The zero-order valence-electron chi connectivity index (χ0n) is 12.5. The minimum atomic E-state index is -0.186. The van der Waals surface area contributed by atoms with Gasteiger partial charge >= 0.3 is 0 Å². The van der Waals surface area contributed by atoms with Crippen molar-refractivity contribution in [1.29, 1.82) is 0 Å². The quantitative estimate of drug-likeness (QED) is 0.619. The number of aromatic nitrogens is 4. The fourth-order valence-corrected chi connectivity index (χ4v) is 2.61. The third-order valence-electron chi connectivity index (χ3n) is 3.73.